The Kier molecular flexibility index (Phi) is 5.23. The quantitative estimate of drug-likeness (QED) is 0.346. The van der Waals surface area contributed by atoms with E-state index in [4.69, 9.17) is 20.8 Å². The highest BCUT2D eigenvalue weighted by molar-refractivity contribution is 14.1. The second-order valence-corrected chi connectivity index (χ2v) is 7.69. The molecule has 4 rings (SSSR count). The molecular formula is C21H14ClIN2O3. The van der Waals surface area contributed by atoms with Crippen molar-refractivity contribution in [1.29, 1.82) is 0 Å². The number of hydrogen-bond acceptors (Lipinski definition) is 4. The number of anilines is 1. The number of ether oxygens (including phenoxy) is 1. The van der Waals surface area contributed by atoms with Gasteiger partial charge in [-0.1, -0.05) is 11.6 Å². The van der Waals surface area contributed by atoms with Gasteiger partial charge in [0.25, 0.3) is 5.91 Å². The van der Waals surface area contributed by atoms with Gasteiger partial charge in [0.2, 0.25) is 5.89 Å². The third kappa shape index (κ3) is 3.83. The van der Waals surface area contributed by atoms with E-state index in [1.807, 2.05) is 24.3 Å². The molecule has 4 aromatic rings. The van der Waals surface area contributed by atoms with Crippen molar-refractivity contribution in [3.05, 3.63) is 74.8 Å². The summed E-state index contributed by atoms with van der Waals surface area (Å²) in [5, 5.41) is 3.31. The molecule has 0 saturated heterocycles. The van der Waals surface area contributed by atoms with Crippen LogP contribution in [0.4, 0.5) is 5.69 Å². The summed E-state index contributed by atoms with van der Waals surface area (Å²) in [5.41, 5.74) is 3.15. The summed E-state index contributed by atoms with van der Waals surface area (Å²) in [5.74, 6) is 0.664. The lowest BCUT2D eigenvalue weighted by molar-refractivity contribution is 0.102. The van der Waals surface area contributed by atoms with E-state index in [1.54, 1.807) is 36.4 Å². The van der Waals surface area contributed by atoms with Gasteiger partial charge in [-0.05, 0) is 83.3 Å². The third-order valence-corrected chi connectivity index (χ3v) is 5.10. The zero-order chi connectivity index (χ0) is 19.7. The summed E-state index contributed by atoms with van der Waals surface area (Å²) >= 11 is 8.26. The topological polar surface area (TPSA) is 64.4 Å². The van der Waals surface area contributed by atoms with Gasteiger partial charge in [0.15, 0.2) is 5.58 Å². The lowest BCUT2D eigenvalue weighted by Gasteiger charge is -2.09. The van der Waals surface area contributed by atoms with Crippen molar-refractivity contribution in [2.24, 2.45) is 0 Å². The molecular weight excluding hydrogens is 491 g/mol. The molecule has 0 unspecified atom stereocenters. The molecule has 1 heterocycles. The maximum Gasteiger partial charge on any atom is 0.259 e. The molecule has 0 bridgehead atoms. The molecule has 0 aliphatic carbocycles. The van der Waals surface area contributed by atoms with E-state index in [9.17, 15) is 4.79 Å². The first-order valence-electron chi connectivity index (χ1n) is 8.35. The average Bonchev–Trinajstić information content (AvgIpc) is 3.11. The van der Waals surface area contributed by atoms with Crippen LogP contribution in [0.5, 0.6) is 5.75 Å². The molecule has 140 valence electrons. The molecule has 1 amide bonds. The predicted octanol–water partition coefficient (Wildman–Crippen LogP) is 6.01. The number of aromatic nitrogens is 1. The first kappa shape index (κ1) is 18.8. The Labute approximate surface area is 179 Å². The van der Waals surface area contributed by atoms with Crippen LogP contribution in [0.3, 0.4) is 0 Å². The highest BCUT2D eigenvalue weighted by atomic mass is 127. The van der Waals surface area contributed by atoms with Gasteiger partial charge in [0, 0.05) is 19.8 Å². The summed E-state index contributed by atoms with van der Waals surface area (Å²) in [6.45, 7) is 0. The number of amides is 1. The van der Waals surface area contributed by atoms with E-state index >= 15 is 0 Å². The highest BCUT2D eigenvalue weighted by Crippen LogP contribution is 2.28. The number of fused-ring (bicyclic) bond motifs is 1. The van der Waals surface area contributed by atoms with Crippen LogP contribution >= 0.6 is 34.2 Å². The summed E-state index contributed by atoms with van der Waals surface area (Å²) in [4.78, 5) is 17.2. The van der Waals surface area contributed by atoms with Gasteiger partial charge in [-0.25, -0.2) is 4.98 Å². The summed E-state index contributed by atoms with van der Waals surface area (Å²) in [6.07, 6.45) is 0. The van der Waals surface area contributed by atoms with Crippen molar-refractivity contribution in [3.63, 3.8) is 0 Å². The van der Waals surface area contributed by atoms with Crippen molar-refractivity contribution >= 4 is 56.9 Å². The number of halogens is 2. The first-order valence-corrected chi connectivity index (χ1v) is 9.80. The number of carbonyl (C=O) groups excluding carboxylic acids is 1. The van der Waals surface area contributed by atoms with Gasteiger partial charge in [0.1, 0.15) is 11.3 Å². The van der Waals surface area contributed by atoms with Crippen LogP contribution < -0.4 is 10.1 Å². The summed E-state index contributed by atoms with van der Waals surface area (Å²) in [6, 6.07) is 18.1. The fourth-order valence-electron chi connectivity index (χ4n) is 2.78. The molecule has 7 heteroatoms. The van der Waals surface area contributed by atoms with Gasteiger partial charge in [0.05, 0.1) is 12.7 Å². The van der Waals surface area contributed by atoms with E-state index in [1.165, 1.54) is 7.11 Å². The average molecular weight is 505 g/mol. The number of nitrogens with one attached hydrogen (secondary N) is 1. The van der Waals surface area contributed by atoms with Crippen LogP contribution in [0.25, 0.3) is 22.6 Å². The van der Waals surface area contributed by atoms with E-state index < -0.39 is 0 Å². The summed E-state index contributed by atoms with van der Waals surface area (Å²) in [7, 11) is 1.51. The van der Waals surface area contributed by atoms with E-state index in [-0.39, 0.29) is 5.91 Å². The number of hydrogen-bond donors (Lipinski definition) is 1. The summed E-state index contributed by atoms with van der Waals surface area (Å²) < 4.78 is 12.2. The molecule has 0 atom stereocenters. The van der Waals surface area contributed by atoms with Crippen LogP contribution in [0.15, 0.2) is 65.1 Å². The fraction of sp³-hybridized carbons (Fsp3) is 0.0476. The number of benzene rings is 3. The minimum atomic E-state index is -0.319. The molecule has 3 aromatic carbocycles. The normalized spacial score (nSPS) is 10.8. The van der Waals surface area contributed by atoms with E-state index in [0.717, 1.165) is 9.13 Å². The van der Waals surface area contributed by atoms with Crippen LogP contribution in [0.2, 0.25) is 5.02 Å². The Morgan fingerprint density at radius 1 is 1.11 bits per heavy atom. The van der Waals surface area contributed by atoms with Crippen LogP contribution in [0.1, 0.15) is 10.4 Å². The smallest absolute Gasteiger partial charge is 0.259 e. The fourth-order valence-corrected chi connectivity index (χ4v) is 3.31. The highest BCUT2D eigenvalue weighted by Gasteiger charge is 2.15. The second kappa shape index (κ2) is 7.81. The van der Waals surface area contributed by atoms with Crippen molar-refractivity contribution in [2.75, 3.05) is 12.4 Å². The van der Waals surface area contributed by atoms with Crippen molar-refractivity contribution in [2.45, 2.75) is 0 Å². The molecule has 0 saturated carbocycles. The van der Waals surface area contributed by atoms with E-state index in [2.05, 4.69) is 32.9 Å². The second-order valence-electron chi connectivity index (χ2n) is 6.01. The number of rotatable bonds is 4. The van der Waals surface area contributed by atoms with Crippen LogP contribution in [0, 0.1) is 3.57 Å². The molecule has 28 heavy (non-hydrogen) atoms. The number of nitrogens with zero attached hydrogens (tertiary/aromatic N) is 1. The molecule has 1 N–H and O–H groups in total. The first-order chi connectivity index (χ1) is 13.5. The molecule has 1 aromatic heterocycles. The van der Waals surface area contributed by atoms with Gasteiger partial charge in [-0.2, -0.15) is 0 Å². The Hall–Kier alpha value is -2.58. The Morgan fingerprint density at radius 2 is 1.89 bits per heavy atom. The molecule has 0 fully saturated rings. The minimum absolute atomic E-state index is 0.319. The molecule has 5 nitrogen and oxygen atoms in total. The minimum Gasteiger partial charge on any atom is -0.496 e. The monoisotopic (exact) mass is 504 g/mol. The predicted molar refractivity (Wildman–Crippen MR) is 118 cm³/mol. The van der Waals surface area contributed by atoms with Gasteiger partial charge in [-0.3, -0.25) is 4.79 Å². The Balaban J connectivity index is 1.62. The third-order valence-electron chi connectivity index (χ3n) is 4.14. The zero-order valence-electron chi connectivity index (χ0n) is 14.7. The molecule has 0 aliphatic heterocycles. The van der Waals surface area contributed by atoms with Crippen molar-refractivity contribution in [3.8, 4) is 17.2 Å². The molecule has 0 spiro atoms. The number of carbonyl (C=O) groups is 1. The van der Waals surface area contributed by atoms with Crippen molar-refractivity contribution < 1.29 is 13.9 Å². The molecule has 0 aliphatic rings. The SMILES string of the molecule is COc1ccc(Cl)cc1C(=O)Nc1ccc2oc(-c3ccc(I)cc3)nc2c1. The molecule has 0 radical (unpaired) electrons. The maximum absolute atomic E-state index is 12.6. The van der Waals surface area contributed by atoms with Crippen molar-refractivity contribution in [1.82, 2.24) is 4.98 Å². The van der Waals surface area contributed by atoms with Gasteiger partial charge < -0.3 is 14.5 Å². The lowest BCUT2D eigenvalue weighted by atomic mass is 10.1. The number of oxazole rings is 1. The lowest BCUT2D eigenvalue weighted by Crippen LogP contribution is -2.13. The van der Waals surface area contributed by atoms with E-state index in [0.29, 0.717) is 39.0 Å². The Bertz CT molecular complexity index is 1170. The maximum atomic E-state index is 12.6. The number of methoxy groups -OCH3 is 1. The largest absolute Gasteiger partial charge is 0.496 e. The van der Waals surface area contributed by atoms with Crippen LogP contribution in [-0.2, 0) is 0 Å². The zero-order valence-corrected chi connectivity index (χ0v) is 17.6. The van der Waals surface area contributed by atoms with Crippen LogP contribution in [-0.4, -0.2) is 18.0 Å². The Morgan fingerprint density at radius 3 is 2.64 bits per heavy atom. The standard InChI is InChI=1S/C21H14ClIN2O3/c1-27-18-8-4-13(22)10-16(18)20(26)24-15-7-9-19-17(11-15)25-21(28-19)12-2-5-14(23)6-3-12/h2-11H,1H3,(H,24,26). The van der Waals surface area contributed by atoms with Gasteiger partial charge >= 0.3 is 0 Å². The van der Waals surface area contributed by atoms with Gasteiger partial charge in [-0.15, -0.1) is 0 Å².